The lowest BCUT2D eigenvalue weighted by atomic mass is 9.41. The van der Waals surface area contributed by atoms with Crippen LogP contribution >= 0.6 is 0 Å². The van der Waals surface area contributed by atoms with Crippen molar-refractivity contribution in [1.82, 2.24) is 9.80 Å². The minimum atomic E-state index is -0.626. The van der Waals surface area contributed by atoms with Crippen molar-refractivity contribution in [2.24, 2.45) is 50.7 Å². The number of rotatable bonds is 6. The van der Waals surface area contributed by atoms with E-state index in [9.17, 15) is 18.4 Å². The Balaban J connectivity index is 0.980. The molecule has 0 aromatic heterocycles. The van der Waals surface area contributed by atoms with Crippen molar-refractivity contribution in [3.05, 3.63) is 35.4 Å². The van der Waals surface area contributed by atoms with Crippen LogP contribution in [0.3, 0.4) is 0 Å². The molecule has 0 N–H and O–H groups in total. The van der Waals surface area contributed by atoms with Crippen LogP contribution in [-0.2, 0) is 30.3 Å². The van der Waals surface area contributed by atoms with E-state index in [2.05, 4.69) is 34.6 Å². The number of fused-ring (bicyclic) bond motifs is 4. The van der Waals surface area contributed by atoms with E-state index < -0.39 is 11.6 Å². The van der Waals surface area contributed by atoms with Gasteiger partial charge in [0.25, 0.3) is 0 Å². The minimum Gasteiger partial charge on any atom is -0.373 e. The smallest absolute Gasteiger partial charge is 0.219 e. The molecule has 2 amide bonds. The van der Waals surface area contributed by atoms with Gasteiger partial charge >= 0.3 is 0 Å². The summed E-state index contributed by atoms with van der Waals surface area (Å²) in [5.74, 6) is 0.969. The number of hydrogen-bond acceptors (Lipinski definition) is 5. The molecule has 1 aromatic rings. The molecule has 2 spiro atoms. The number of carbonyl (C=O) groups excluding carboxylic acids is 2. The highest BCUT2D eigenvalue weighted by atomic mass is 19.1. The van der Waals surface area contributed by atoms with Crippen LogP contribution in [0.2, 0.25) is 0 Å². The molecule has 9 heteroatoms. The summed E-state index contributed by atoms with van der Waals surface area (Å²) in [6.07, 6.45) is 10.4. The Morgan fingerprint density at radius 1 is 0.961 bits per heavy atom. The summed E-state index contributed by atoms with van der Waals surface area (Å²) in [6.45, 7) is 18.0. The van der Waals surface area contributed by atoms with Gasteiger partial charge in [0.05, 0.1) is 31.5 Å². The number of carbonyl (C=O) groups is 2. The van der Waals surface area contributed by atoms with Gasteiger partial charge in [0.15, 0.2) is 6.29 Å². The molecule has 7 unspecified atom stereocenters. The predicted molar refractivity (Wildman–Crippen MR) is 189 cm³/mol. The Hall–Kier alpha value is -2.10. The second kappa shape index (κ2) is 12.2. The van der Waals surface area contributed by atoms with Crippen LogP contribution in [0.5, 0.6) is 0 Å². The summed E-state index contributed by atoms with van der Waals surface area (Å²) in [7, 11) is 0. The summed E-state index contributed by atoms with van der Waals surface area (Å²) < 4.78 is 47.8. The van der Waals surface area contributed by atoms with Gasteiger partial charge in [-0.15, -0.1) is 0 Å². The second-order valence-electron chi connectivity index (χ2n) is 19.2. The molecule has 2 saturated heterocycles. The van der Waals surface area contributed by atoms with Crippen molar-refractivity contribution in [1.29, 1.82) is 0 Å². The van der Waals surface area contributed by atoms with Crippen molar-refractivity contribution in [3.8, 4) is 0 Å². The summed E-state index contributed by atoms with van der Waals surface area (Å²) in [5.41, 5.74) is 1.64. The van der Waals surface area contributed by atoms with E-state index in [0.717, 1.165) is 25.3 Å². The number of hydrogen-bond donors (Lipinski definition) is 0. The lowest BCUT2D eigenvalue weighted by molar-refractivity contribution is -0.246. The van der Waals surface area contributed by atoms with Crippen LogP contribution in [-0.4, -0.2) is 72.5 Å². The number of ether oxygens (including phenoxy) is 3. The fourth-order valence-electron chi connectivity index (χ4n) is 14.4. The summed E-state index contributed by atoms with van der Waals surface area (Å²) in [4.78, 5) is 28.4. The third-order valence-electron chi connectivity index (χ3n) is 16.7. The van der Waals surface area contributed by atoms with Crippen LogP contribution in [0, 0.1) is 62.4 Å². The number of halogens is 2. The molecule has 2 heterocycles. The van der Waals surface area contributed by atoms with Gasteiger partial charge in [-0.1, -0.05) is 34.6 Å². The van der Waals surface area contributed by atoms with Crippen molar-refractivity contribution in [3.63, 3.8) is 0 Å². The van der Waals surface area contributed by atoms with Gasteiger partial charge in [-0.05, 0) is 126 Å². The molecule has 12 atom stereocenters. The van der Waals surface area contributed by atoms with Crippen molar-refractivity contribution >= 4 is 11.8 Å². The molecule has 5 saturated carbocycles. The van der Waals surface area contributed by atoms with Gasteiger partial charge in [-0.2, -0.15) is 0 Å². The van der Waals surface area contributed by atoms with E-state index in [1.54, 1.807) is 11.8 Å². The number of morpholine rings is 1. The zero-order valence-corrected chi connectivity index (χ0v) is 31.9. The SMILES string of the molecule is CC(=O)N(Cc1cc(F)cc(F)c1)CC1C[C@@H](C)C2C(C[C@@]3(C)[C@@H]4CCC5C(C)(C)C(OC6CN(C(C)=O)CCO6)CCC56C[C@@]46CC[C@]23C)O1. The first kappa shape index (κ1) is 35.9. The standard InChI is InChI=1S/C42H60F2N2O5/c1-25-16-31(22-46(27(3)48)21-28-17-29(43)19-30(44)18-28)50-32-20-40(7)34-9-8-33-38(4,5)35(51-36-23-45(26(2)47)14-15-49-36)10-11-41(33)24-42(34,41)13-12-39(40,6)37(25)32/h17-19,25,31-37H,8-16,20-24H2,1-7H3/t25-,31?,32?,33?,34+,35?,36?,37?,39-,40+,41?,42+/m1/s1. The normalized spacial score (nSPS) is 45.1. The Labute approximate surface area is 303 Å². The van der Waals surface area contributed by atoms with E-state index in [-0.39, 0.29) is 59.2 Å². The lowest BCUT2D eigenvalue weighted by Gasteiger charge is -2.63. The van der Waals surface area contributed by atoms with Crippen molar-refractivity contribution in [2.75, 3.05) is 26.2 Å². The average molecular weight is 711 g/mol. The molecule has 0 bridgehead atoms. The van der Waals surface area contributed by atoms with E-state index >= 15 is 0 Å². The maximum absolute atomic E-state index is 14.0. The Kier molecular flexibility index (Phi) is 8.59. The van der Waals surface area contributed by atoms with E-state index in [4.69, 9.17) is 14.2 Å². The highest BCUT2D eigenvalue weighted by Crippen LogP contribution is 2.89. The highest BCUT2D eigenvalue weighted by molar-refractivity contribution is 5.73. The maximum atomic E-state index is 14.0. The van der Waals surface area contributed by atoms with E-state index in [0.29, 0.717) is 66.3 Å². The van der Waals surface area contributed by atoms with Crippen LogP contribution in [0.4, 0.5) is 8.78 Å². The van der Waals surface area contributed by atoms with Gasteiger partial charge in [0.1, 0.15) is 11.6 Å². The first-order valence-corrected chi connectivity index (χ1v) is 19.9. The van der Waals surface area contributed by atoms with Gasteiger partial charge in [0, 0.05) is 39.5 Å². The van der Waals surface area contributed by atoms with Crippen LogP contribution in [0.15, 0.2) is 18.2 Å². The summed E-state index contributed by atoms with van der Waals surface area (Å²) >= 11 is 0. The molecule has 7 nitrogen and oxygen atoms in total. The predicted octanol–water partition coefficient (Wildman–Crippen LogP) is 7.75. The first-order valence-electron chi connectivity index (χ1n) is 19.9. The second-order valence-corrected chi connectivity index (χ2v) is 19.2. The molecule has 0 radical (unpaired) electrons. The minimum absolute atomic E-state index is 0.0324. The molecule has 2 aliphatic heterocycles. The zero-order chi connectivity index (χ0) is 36.3. The van der Waals surface area contributed by atoms with Crippen LogP contribution in [0.25, 0.3) is 0 Å². The average Bonchev–Trinajstić information content (AvgIpc) is 3.64. The maximum Gasteiger partial charge on any atom is 0.219 e. The summed E-state index contributed by atoms with van der Waals surface area (Å²) in [5, 5.41) is 0. The Bertz CT molecular complexity index is 1550. The molecule has 7 aliphatic rings. The molecular formula is C42H60F2N2O5. The van der Waals surface area contributed by atoms with Crippen molar-refractivity contribution < 1.29 is 32.6 Å². The number of nitrogens with zero attached hydrogens (tertiary/aromatic N) is 2. The fraction of sp³-hybridized carbons (Fsp3) is 0.810. The van der Waals surface area contributed by atoms with Gasteiger partial charge in [0.2, 0.25) is 11.8 Å². The van der Waals surface area contributed by atoms with E-state index in [1.165, 1.54) is 57.6 Å². The molecule has 1 aromatic carbocycles. The monoisotopic (exact) mass is 710 g/mol. The zero-order valence-electron chi connectivity index (χ0n) is 31.9. The lowest BCUT2D eigenvalue weighted by Crippen LogP contribution is -2.58. The third kappa shape index (κ3) is 5.38. The molecule has 7 fully saturated rings. The van der Waals surface area contributed by atoms with Gasteiger partial charge in [-0.3, -0.25) is 9.59 Å². The third-order valence-corrected chi connectivity index (χ3v) is 16.7. The van der Waals surface area contributed by atoms with Crippen molar-refractivity contribution in [2.45, 2.75) is 137 Å². The quantitative estimate of drug-likeness (QED) is 0.302. The summed E-state index contributed by atoms with van der Waals surface area (Å²) in [6, 6.07) is 3.49. The Morgan fingerprint density at radius 2 is 1.67 bits per heavy atom. The molecule has 282 valence electrons. The van der Waals surface area contributed by atoms with E-state index in [1.807, 2.05) is 4.90 Å². The molecule has 51 heavy (non-hydrogen) atoms. The first-order chi connectivity index (χ1) is 24.0. The van der Waals surface area contributed by atoms with Gasteiger partial charge in [-0.25, -0.2) is 8.78 Å². The molecular weight excluding hydrogens is 650 g/mol. The highest BCUT2D eigenvalue weighted by Gasteiger charge is 2.83. The topological polar surface area (TPSA) is 68.3 Å². The molecule has 8 rings (SSSR count). The fourth-order valence-corrected chi connectivity index (χ4v) is 14.4. The largest absolute Gasteiger partial charge is 0.373 e. The van der Waals surface area contributed by atoms with Crippen LogP contribution in [0.1, 0.15) is 112 Å². The van der Waals surface area contributed by atoms with Gasteiger partial charge < -0.3 is 24.0 Å². The molecule has 5 aliphatic carbocycles. The van der Waals surface area contributed by atoms with Crippen LogP contribution < -0.4 is 0 Å². The number of benzene rings is 1. The number of amides is 2. The Morgan fingerprint density at radius 3 is 2.37 bits per heavy atom.